The lowest BCUT2D eigenvalue weighted by molar-refractivity contribution is 0.00287. The molecule has 0 saturated carbocycles. The Balaban J connectivity index is 1.43. The molecule has 0 bridgehead atoms. The monoisotopic (exact) mass is 370 g/mol. The average Bonchev–Trinajstić information content (AvgIpc) is 3.23. The van der Waals surface area contributed by atoms with Gasteiger partial charge in [0.1, 0.15) is 16.9 Å². The van der Waals surface area contributed by atoms with Crippen LogP contribution in [0, 0.1) is 0 Å². The number of nitrogens with zero attached hydrogens (tertiary/aromatic N) is 4. The molecule has 2 aliphatic rings. The first-order chi connectivity index (χ1) is 13.0. The number of fused-ring (bicyclic) bond motifs is 1. The predicted molar refractivity (Wildman–Crippen MR) is 101 cm³/mol. The van der Waals surface area contributed by atoms with Gasteiger partial charge in [0.15, 0.2) is 0 Å². The Labute approximate surface area is 158 Å². The van der Waals surface area contributed by atoms with Crippen molar-refractivity contribution in [2.24, 2.45) is 0 Å². The van der Waals surface area contributed by atoms with Gasteiger partial charge in [-0.25, -0.2) is 9.78 Å². The van der Waals surface area contributed by atoms with Gasteiger partial charge in [-0.15, -0.1) is 0 Å². The van der Waals surface area contributed by atoms with Crippen molar-refractivity contribution in [2.45, 2.75) is 51.2 Å². The Morgan fingerprint density at radius 1 is 1.33 bits per heavy atom. The van der Waals surface area contributed by atoms with E-state index in [-0.39, 0.29) is 18.0 Å². The Hall–Kier alpha value is -2.57. The number of hydrogen-bond acceptors (Lipinski definition) is 4. The number of hydrogen-bond donors (Lipinski definition) is 0. The molecule has 1 atom stereocenters. The zero-order valence-corrected chi connectivity index (χ0v) is 15.9. The summed E-state index contributed by atoms with van der Waals surface area (Å²) in [6, 6.07) is 5.87. The zero-order chi connectivity index (χ0) is 19.0. The number of carbonyl (C=O) groups is 2. The molecule has 4 rings (SSSR count). The van der Waals surface area contributed by atoms with E-state index in [1.165, 1.54) is 0 Å². The van der Waals surface area contributed by atoms with Gasteiger partial charge in [0.25, 0.3) is 5.91 Å². The topological polar surface area (TPSA) is 67.2 Å². The molecule has 2 fully saturated rings. The molecule has 2 aliphatic heterocycles. The second-order valence-corrected chi connectivity index (χ2v) is 7.68. The lowest BCUT2D eigenvalue weighted by atomic mass is 9.90. The van der Waals surface area contributed by atoms with Crippen molar-refractivity contribution in [2.75, 3.05) is 19.6 Å². The maximum atomic E-state index is 12.9. The number of likely N-dealkylation sites (tertiary alicyclic amines) is 1. The molecule has 0 N–H and O–H groups in total. The van der Waals surface area contributed by atoms with Gasteiger partial charge >= 0.3 is 6.09 Å². The highest BCUT2D eigenvalue weighted by Crippen LogP contribution is 2.35. The van der Waals surface area contributed by atoms with Crippen molar-refractivity contribution in [3.05, 3.63) is 36.3 Å². The second-order valence-electron chi connectivity index (χ2n) is 7.68. The number of pyridine rings is 1. The van der Waals surface area contributed by atoms with Gasteiger partial charge in [-0.2, -0.15) is 0 Å². The summed E-state index contributed by atoms with van der Waals surface area (Å²) in [5, 5.41) is 0. The summed E-state index contributed by atoms with van der Waals surface area (Å²) in [5.74, 6) is -0.0240. The third-order valence-corrected chi connectivity index (χ3v) is 5.83. The summed E-state index contributed by atoms with van der Waals surface area (Å²) in [6.07, 6.45) is 6.65. The van der Waals surface area contributed by atoms with E-state index in [4.69, 9.17) is 4.74 Å². The van der Waals surface area contributed by atoms with Crippen LogP contribution in [0.5, 0.6) is 0 Å². The van der Waals surface area contributed by atoms with Gasteiger partial charge in [0.2, 0.25) is 0 Å². The van der Waals surface area contributed by atoms with Crippen LogP contribution >= 0.6 is 0 Å². The zero-order valence-electron chi connectivity index (χ0n) is 15.9. The minimum atomic E-state index is -0.449. The minimum absolute atomic E-state index is 0.0240. The molecular formula is C20H26N4O3. The summed E-state index contributed by atoms with van der Waals surface area (Å²) < 4.78 is 7.61. The van der Waals surface area contributed by atoms with E-state index < -0.39 is 5.60 Å². The van der Waals surface area contributed by atoms with E-state index >= 15 is 0 Å². The molecule has 0 unspecified atom stereocenters. The van der Waals surface area contributed by atoms with Crippen LogP contribution < -0.4 is 0 Å². The van der Waals surface area contributed by atoms with Gasteiger partial charge in [-0.1, -0.05) is 19.4 Å². The normalized spacial score (nSPS) is 20.3. The third-order valence-electron chi connectivity index (χ3n) is 5.83. The summed E-state index contributed by atoms with van der Waals surface area (Å²) in [7, 11) is 0. The molecule has 144 valence electrons. The maximum Gasteiger partial charge on any atom is 0.410 e. The van der Waals surface area contributed by atoms with Crippen LogP contribution in [0.3, 0.4) is 0 Å². The highest BCUT2D eigenvalue weighted by molar-refractivity contribution is 5.93. The van der Waals surface area contributed by atoms with Crippen LogP contribution in [0.1, 0.15) is 50.0 Å². The van der Waals surface area contributed by atoms with E-state index in [1.807, 2.05) is 38.6 Å². The number of ether oxygens (including phenoxy) is 1. The van der Waals surface area contributed by atoms with Crippen molar-refractivity contribution in [3.63, 3.8) is 0 Å². The van der Waals surface area contributed by atoms with Gasteiger partial charge in [-0.3, -0.25) is 9.20 Å². The van der Waals surface area contributed by atoms with Gasteiger partial charge in [-0.05, 0) is 25.5 Å². The van der Waals surface area contributed by atoms with Crippen molar-refractivity contribution in [1.29, 1.82) is 0 Å². The fourth-order valence-corrected chi connectivity index (χ4v) is 4.19. The quantitative estimate of drug-likeness (QED) is 0.830. The maximum absolute atomic E-state index is 12.9. The van der Waals surface area contributed by atoms with Crippen LogP contribution in [-0.2, 0) is 4.74 Å². The second kappa shape index (κ2) is 6.87. The SMILES string of the molecule is CCC[C@@H](C)N1CC2(CCN(C(=O)c3cnc4ccccn34)CC2)OC1=O. The van der Waals surface area contributed by atoms with E-state index in [0.717, 1.165) is 18.5 Å². The van der Waals surface area contributed by atoms with E-state index in [0.29, 0.717) is 38.2 Å². The minimum Gasteiger partial charge on any atom is -0.441 e. The summed E-state index contributed by atoms with van der Waals surface area (Å²) in [4.78, 5) is 33.3. The van der Waals surface area contributed by atoms with Crippen LogP contribution in [0.2, 0.25) is 0 Å². The van der Waals surface area contributed by atoms with Gasteiger partial charge in [0, 0.05) is 38.2 Å². The number of piperidine rings is 1. The summed E-state index contributed by atoms with van der Waals surface area (Å²) >= 11 is 0. The Morgan fingerprint density at radius 2 is 2.11 bits per heavy atom. The first-order valence-electron chi connectivity index (χ1n) is 9.74. The molecule has 0 aliphatic carbocycles. The smallest absolute Gasteiger partial charge is 0.410 e. The Bertz CT molecular complexity index is 854. The predicted octanol–water partition coefficient (Wildman–Crippen LogP) is 2.95. The molecule has 4 heterocycles. The highest BCUT2D eigenvalue weighted by atomic mass is 16.6. The van der Waals surface area contributed by atoms with E-state index in [1.54, 1.807) is 6.20 Å². The molecule has 0 aromatic carbocycles. The molecule has 2 aromatic rings. The number of aromatic nitrogens is 2. The molecule has 2 amide bonds. The number of imidazole rings is 1. The van der Waals surface area contributed by atoms with Crippen molar-refractivity contribution in [1.82, 2.24) is 19.2 Å². The van der Waals surface area contributed by atoms with E-state index in [9.17, 15) is 9.59 Å². The number of carbonyl (C=O) groups excluding carboxylic acids is 2. The fourth-order valence-electron chi connectivity index (χ4n) is 4.19. The molecular weight excluding hydrogens is 344 g/mol. The lowest BCUT2D eigenvalue weighted by Crippen LogP contribution is -2.49. The lowest BCUT2D eigenvalue weighted by Gasteiger charge is -2.37. The number of amides is 2. The number of rotatable bonds is 4. The van der Waals surface area contributed by atoms with Crippen LogP contribution in [0.4, 0.5) is 4.79 Å². The van der Waals surface area contributed by atoms with Crippen LogP contribution in [0.15, 0.2) is 30.6 Å². The van der Waals surface area contributed by atoms with Crippen LogP contribution in [-0.4, -0.2) is 62.5 Å². The molecule has 7 nitrogen and oxygen atoms in total. The Kier molecular flexibility index (Phi) is 4.53. The van der Waals surface area contributed by atoms with Crippen molar-refractivity contribution in [3.8, 4) is 0 Å². The van der Waals surface area contributed by atoms with Gasteiger partial charge in [0.05, 0.1) is 12.7 Å². The average molecular weight is 370 g/mol. The summed E-state index contributed by atoms with van der Waals surface area (Å²) in [5.41, 5.74) is 0.887. The summed E-state index contributed by atoms with van der Waals surface area (Å²) in [6.45, 7) is 6.00. The molecule has 2 saturated heterocycles. The first-order valence-corrected chi connectivity index (χ1v) is 9.74. The Morgan fingerprint density at radius 3 is 2.85 bits per heavy atom. The van der Waals surface area contributed by atoms with E-state index in [2.05, 4.69) is 18.8 Å². The fraction of sp³-hybridized carbons (Fsp3) is 0.550. The van der Waals surface area contributed by atoms with Crippen molar-refractivity contribution < 1.29 is 14.3 Å². The standard InChI is InChI=1S/C20H26N4O3/c1-3-6-15(2)24-14-20(27-19(24)26)8-11-22(12-9-20)18(25)16-13-21-17-7-4-5-10-23(16)17/h4-5,7,10,13,15H,3,6,8-9,11-12,14H2,1-2H3/t15-/m1/s1. The molecule has 27 heavy (non-hydrogen) atoms. The third kappa shape index (κ3) is 3.15. The highest BCUT2D eigenvalue weighted by Gasteiger charge is 2.48. The molecule has 0 radical (unpaired) electrons. The molecule has 7 heteroatoms. The molecule has 2 aromatic heterocycles. The van der Waals surface area contributed by atoms with Gasteiger partial charge < -0.3 is 14.5 Å². The first kappa shape index (κ1) is 17.8. The largest absolute Gasteiger partial charge is 0.441 e. The van der Waals surface area contributed by atoms with Crippen molar-refractivity contribution >= 4 is 17.6 Å². The molecule has 1 spiro atoms. The van der Waals surface area contributed by atoms with Crippen LogP contribution in [0.25, 0.3) is 5.65 Å².